The number of unbranched alkanes of at least 4 members (excludes halogenated alkanes) is 1. The van der Waals surface area contributed by atoms with E-state index in [1.54, 1.807) is 23.1 Å². The van der Waals surface area contributed by atoms with E-state index in [1.165, 1.54) is 0 Å². The third-order valence-corrected chi connectivity index (χ3v) is 2.82. The van der Waals surface area contributed by atoms with Gasteiger partial charge in [-0.1, -0.05) is 0 Å². The van der Waals surface area contributed by atoms with E-state index in [-0.39, 0.29) is 0 Å². The lowest BCUT2D eigenvalue weighted by atomic mass is 10.3. The lowest BCUT2D eigenvalue weighted by molar-refractivity contribution is 0.620. The van der Waals surface area contributed by atoms with Crippen LogP contribution in [0.4, 0.5) is 5.82 Å². The molecule has 0 atom stereocenters. The predicted octanol–water partition coefficient (Wildman–Crippen LogP) is 0.608. The van der Waals surface area contributed by atoms with Gasteiger partial charge < -0.3 is 9.88 Å². The molecule has 98 valence electrons. The van der Waals surface area contributed by atoms with Crippen LogP contribution in [-0.2, 0) is 6.54 Å². The Morgan fingerprint density at radius 2 is 2.16 bits per heavy atom. The Labute approximate surface area is 109 Å². The minimum atomic E-state index is 0.642. The molecule has 19 heavy (non-hydrogen) atoms. The SMILES string of the molecule is c1cn(CCCCNc2cncc3nnnn23)cn1. The summed E-state index contributed by atoms with van der Waals surface area (Å²) in [6.07, 6.45) is 11.1. The van der Waals surface area contributed by atoms with E-state index in [9.17, 15) is 0 Å². The average molecular weight is 258 g/mol. The third kappa shape index (κ3) is 2.67. The van der Waals surface area contributed by atoms with E-state index in [2.05, 4.69) is 35.4 Å². The Hall–Kier alpha value is -2.51. The van der Waals surface area contributed by atoms with Crippen LogP contribution in [0.15, 0.2) is 31.1 Å². The zero-order valence-electron chi connectivity index (χ0n) is 10.3. The number of nitrogens with zero attached hydrogens (tertiary/aromatic N) is 7. The summed E-state index contributed by atoms with van der Waals surface area (Å²) in [4.78, 5) is 8.10. The van der Waals surface area contributed by atoms with Gasteiger partial charge in [0.2, 0.25) is 0 Å². The molecule has 0 saturated carbocycles. The molecule has 0 saturated heterocycles. The molecule has 0 amide bonds. The second kappa shape index (κ2) is 5.42. The van der Waals surface area contributed by atoms with Gasteiger partial charge in [0.1, 0.15) is 5.82 Å². The van der Waals surface area contributed by atoms with Crippen molar-refractivity contribution >= 4 is 11.5 Å². The Balaban J connectivity index is 1.48. The zero-order chi connectivity index (χ0) is 12.9. The fourth-order valence-corrected chi connectivity index (χ4v) is 1.85. The number of imidazole rings is 1. The van der Waals surface area contributed by atoms with Gasteiger partial charge in [-0.25, -0.2) is 4.98 Å². The number of aryl methyl sites for hydroxylation is 1. The van der Waals surface area contributed by atoms with Gasteiger partial charge in [0.05, 0.1) is 18.7 Å². The van der Waals surface area contributed by atoms with Crippen molar-refractivity contribution in [1.29, 1.82) is 0 Å². The first-order chi connectivity index (χ1) is 9.43. The molecule has 0 spiro atoms. The van der Waals surface area contributed by atoms with Crippen LogP contribution in [0, 0.1) is 0 Å². The Bertz CT molecular complexity index is 629. The molecule has 0 aliphatic heterocycles. The minimum absolute atomic E-state index is 0.642. The van der Waals surface area contributed by atoms with Gasteiger partial charge in [0.25, 0.3) is 0 Å². The number of aromatic nitrogens is 7. The maximum Gasteiger partial charge on any atom is 0.199 e. The molecule has 0 unspecified atom stereocenters. The summed E-state index contributed by atoms with van der Waals surface area (Å²) in [6, 6.07) is 0. The van der Waals surface area contributed by atoms with Gasteiger partial charge in [0, 0.05) is 25.5 Å². The van der Waals surface area contributed by atoms with Gasteiger partial charge in [0.15, 0.2) is 5.65 Å². The highest BCUT2D eigenvalue weighted by Gasteiger charge is 2.02. The molecule has 3 aromatic rings. The smallest absolute Gasteiger partial charge is 0.199 e. The van der Waals surface area contributed by atoms with Crippen LogP contribution in [0.5, 0.6) is 0 Å². The third-order valence-electron chi connectivity index (χ3n) is 2.82. The number of rotatable bonds is 6. The van der Waals surface area contributed by atoms with Crippen LogP contribution < -0.4 is 5.32 Å². The van der Waals surface area contributed by atoms with E-state index < -0.39 is 0 Å². The van der Waals surface area contributed by atoms with Crippen molar-refractivity contribution in [3.05, 3.63) is 31.1 Å². The van der Waals surface area contributed by atoms with Crippen LogP contribution in [0.25, 0.3) is 5.65 Å². The summed E-state index contributed by atoms with van der Waals surface area (Å²) >= 11 is 0. The molecular formula is C11H14N8. The fraction of sp³-hybridized carbons (Fsp3) is 0.364. The standard InChI is InChI=1S/C11H14N8/c1(2-5-18-6-4-12-9-18)3-14-10-7-13-8-11-15-16-17-19(10)11/h4,6-9,14H,1-3,5H2. The molecule has 3 heterocycles. The molecular weight excluding hydrogens is 244 g/mol. The summed E-state index contributed by atoms with van der Waals surface area (Å²) in [6.45, 7) is 1.84. The van der Waals surface area contributed by atoms with Crippen LogP contribution >= 0.6 is 0 Å². The number of hydrogen-bond acceptors (Lipinski definition) is 6. The summed E-state index contributed by atoms with van der Waals surface area (Å²) in [5, 5.41) is 14.6. The largest absolute Gasteiger partial charge is 0.369 e. The van der Waals surface area contributed by atoms with Crippen LogP contribution in [0.1, 0.15) is 12.8 Å². The monoisotopic (exact) mass is 258 g/mol. The molecule has 0 aliphatic rings. The van der Waals surface area contributed by atoms with Crippen molar-refractivity contribution < 1.29 is 0 Å². The van der Waals surface area contributed by atoms with Crippen molar-refractivity contribution in [2.75, 3.05) is 11.9 Å². The van der Waals surface area contributed by atoms with Crippen LogP contribution in [0.3, 0.4) is 0 Å². The first-order valence-corrected chi connectivity index (χ1v) is 6.15. The molecule has 0 radical (unpaired) electrons. The van der Waals surface area contributed by atoms with E-state index in [0.717, 1.165) is 31.7 Å². The number of nitrogens with one attached hydrogen (secondary N) is 1. The normalized spacial score (nSPS) is 10.9. The molecule has 0 bridgehead atoms. The quantitative estimate of drug-likeness (QED) is 0.652. The maximum atomic E-state index is 4.09. The fourth-order valence-electron chi connectivity index (χ4n) is 1.85. The number of hydrogen-bond donors (Lipinski definition) is 1. The Morgan fingerprint density at radius 3 is 3.05 bits per heavy atom. The van der Waals surface area contributed by atoms with E-state index in [0.29, 0.717) is 5.65 Å². The lowest BCUT2D eigenvalue weighted by Crippen LogP contribution is -2.08. The van der Waals surface area contributed by atoms with Crippen molar-refractivity contribution in [3.63, 3.8) is 0 Å². The first-order valence-electron chi connectivity index (χ1n) is 6.15. The summed E-state index contributed by atoms with van der Waals surface area (Å²) in [5.74, 6) is 0.810. The highest BCUT2D eigenvalue weighted by atomic mass is 15.5. The molecule has 3 rings (SSSR count). The van der Waals surface area contributed by atoms with Gasteiger partial charge >= 0.3 is 0 Å². The highest BCUT2D eigenvalue weighted by Crippen LogP contribution is 2.06. The first kappa shape index (κ1) is 11.6. The lowest BCUT2D eigenvalue weighted by Gasteiger charge is -2.06. The highest BCUT2D eigenvalue weighted by molar-refractivity contribution is 5.43. The number of fused-ring (bicyclic) bond motifs is 1. The Morgan fingerprint density at radius 1 is 1.16 bits per heavy atom. The van der Waals surface area contributed by atoms with Gasteiger partial charge in [-0.2, -0.15) is 4.52 Å². The van der Waals surface area contributed by atoms with Gasteiger partial charge in [-0.3, -0.25) is 4.98 Å². The second-order valence-corrected chi connectivity index (χ2v) is 4.18. The number of anilines is 1. The maximum absolute atomic E-state index is 4.09. The van der Waals surface area contributed by atoms with Crippen LogP contribution in [-0.4, -0.2) is 41.1 Å². The summed E-state index contributed by atoms with van der Waals surface area (Å²) in [5.41, 5.74) is 0.642. The minimum Gasteiger partial charge on any atom is -0.369 e. The molecule has 3 aromatic heterocycles. The molecule has 0 aromatic carbocycles. The van der Waals surface area contributed by atoms with Crippen molar-refractivity contribution in [2.45, 2.75) is 19.4 Å². The average Bonchev–Trinajstić information content (AvgIpc) is 3.09. The van der Waals surface area contributed by atoms with Gasteiger partial charge in [-0.15, -0.1) is 5.10 Å². The predicted molar refractivity (Wildman–Crippen MR) is 68.5 cm³/mol. The van der Waals surface area contributed by atoms with Gasteiger partial charge in [-0.05, 0) is 23.3 Å². The molecule has 8 nitrogen and oxygen atoms in total. The molecule has 0 aliphatic carbocycles. The van der Waals surface area contributed by atoms with E-state index in [1.807, 2.05) is 12.5 Å². The van der Waals surface area contributed by atoms with Crippen molar-refractivity contribution in [3.8, 4) is 0 Å². The second-order valence-electron chi connectivity index (χ2n) is 4.18. The topological polar surface area (TPSA) is 85.8 Å². The number of tetrazole rings is 1. The van der Waals surface area contributed by atoms with Crippen LogP contribution in [0.2, 0.25) is 0 Å². The van der Waals surface area contributed by atoms with E-state index >= 15 is 0 Å². The molecule has 0 fully saturated rings. The van der Waals surface area contributed by atoms with E-state index in [4.69, 9.17) is 0 Å². The summed E-state index contributed by atoms with van der Waals surface area (Å²) in [7, 11) is 0. The Kier molecular flexibility index (Phi) is 3.30. The van der Waals surface area contributed by atoms with Crippen molar-refractivity contribution in [2.24, 2.45) is 0 Å². The zero-order valence-corrected chi connectivity index (χ0v) is 10.3. The molecule has 8 heteroatoms. The summed E-state index contributed by atoms with van der Waals surface area (Å²) < 4.78 is 3.71. The van der Waals surface area contributed by atoms with Crippen molar-refractivity contribution in [1.82, 2.24) is 34.6 Å². The molecule has 1 N–H and O–H groups in total.